The number of carbonyl (C=O) groups is 2. The van der Waals surface area contributed by atoms with Crippen molar-refractivity contribution in [3.8, 4) is 0 Å². The largest absolute Gasteiger partial charge is 0.355 e. The van der Waals surface area contributed by atoms with Crippen LogP contribution in [-0.2, 0) is 32.6 Å². The van der Waals surface area contributed by atoms with Crippen LogP contribution in [0.1, 0.15) is 34.7 Å². The molecule has 0 saturated carbocycles. The molecule has 0 aromatic heterocycles. The number of halogens is 1. The van der Waals surface area contributed by atoms with Crippen molar-refractivity contribution in [3.05, 3.63) is 130 Å². The molecule has 0 saturated heterocycles. The van der Waals surface area contributed by atoms with Crippen LogP contribution in [0.2, 0.25) is 5.02 Å². The molecule has 0 aliphatic carbocycles. The van der Waals surface area contributed by atoms with Crippen LogP contribution in [0.5, 0.6) is 0 Å². The topological polar surface area (TPSA) is 86.8 Å². The summed E-state index contributed by atoms with van der Waals surface area (Å²) in [4.78, 5) is 29.6. The Kier molecular flexibility index (Phi) is 10.8. The highest BCUT2D eigenvalue weighted by Gasteiger charge is 2.35. The minimum Gasteiger partial charge on any atom is -0.355 e. The third-order valence-electron chi connectivity index (χ3n) is 7.42. The Bertz CT molecular complexity index is 1690. The Morgan fingerprint density at radius 1 is 0.818 bits per heavy atom. The predicted molar refractivity (Wildman–Crippen MR) is 176 cm³/mol. The van der Waals surface area contributed by atoms with Crippen LogP contribution in [0.3, 0.4) is 0 Å². The molecule has 44 heavy (non-hydrogen) atoms. The zero-order valence-electron chi connectivity index (χ0n) is 25.5. The number of anilines is 1. The monoisotopic (exact) mass is 631 g/mol. The van der Waals surface area contributed by atoms with E-state index in [1.165, 1.54) is 17.0 Å². The molecule has 4 rings (SSSR count). The Hall–Kier alpha value is -4.14. The fraction of sp³-hybridized carbons (Fsp3) is 0.257. The molecule has 1 N–H and O–H groups in total. The van der Waals surface area contributed by atoms with Crippen LogP contribution in [0.25, 0.3) is 0 Å². The Balaban J connectivity index is 1.82. The molecular formula is C35H38ClN3O4S. The molecule has 4 aromatic rings. The first-order chi connectivity index (χ1) is 21.0. The van der Waals surface area contributed by atoms with Crippen molar-refractivity contribution in [1.82, 2.24) is 10.2 Å². The number of hydrogen-bond donors (Lipinski definition) is 1. The summed E-state index contributed by atoms with van der Waals surface area (Å²) in [5.74, 6) is -0.837. The highest BCUT2D eigenvalue weighted by atomic mass is 35.5. The summed E-state index contributed by atoms with van der Waals surface area (Å²) in [7, 11) is -4.21. The van der Waals surface area contributed by atoms with E-state index in [1.807, 2.05) is 75.4 Å². The average Bonchev–Trinajstić information content (AvgIpc) is 3.00. The molecule has 7 nitrogen and oxygen atoms in total. The quantitative estimate of drug-likeness (QED) is 0.201. The van der Waals surface area contributed by atoms with E-state index in [9.17, 15) is 18.0 Å². The Labute approximate surface area is 265 Å². The highest BCUT2D eigenvalue weighted by molar-refractivity contribution is 7.92. The SMILES string of the molecule is CCNC(=O)[C@@H](Cc1ccccc1)N(Cc1ccc(C)cc1)C(=O)CN(c1cc(Cl)ccc1C)S(=O)(=O)c1ccc(C)cc1. The van der Waals surface area contributed by atoms with Gasteiger partial charge in [0.2, 0.25) is 11.8 Å². The van der Waals surface area contributed by atoms with Crippen molar-refractivity contribution >= 4 is 39.1 Å². The van der Waals surface area contributed by atoms with Crippen molar-refractivity contribution in [2.75, 3.05) is 17.4 Å². The van der Waals surface area contributed by atoms with E-state index in [1.54, 1.807) is 37.3 Å². The fourth-order valence-corrected chi connectivity index (χ4v) is 6.58. The van der Waals surface area contributed by atoms with Gasteiger partial charge in [-0.25, -0.2) is 8.42 Å². The molecule has 0 fully saturated rings. The third-order valence-corrected chi connectivity index (χ3v) is 9.43. The smallest absolute Gasteiger partial charge is 0.264 e. The second-order valence-corrected chi connectivity index (χ2v) is 13.2. The third kappa shape index (κ3) is 8.07. The number of hydrogen-bond acceptors (Lipinski definition) is 4. The fourth-order valence-electron chi connectivity index (χ4n) is 4.94. The second-order valence-electron chi connectivity index (χ2n) is 10.9. The first-order valence-corrected chi connectivity index (χ1v) is 16.3. The summed E-state index contributed by atoms with van der Waals surface area (Å²) >= 11 is 6.34. The lowest BCUT2D eigenvalue weighted by Crippen LogP contribution is -2.53. The summed E-state index contributed by atoms with van der Waals surface area (Å²) in [5.41, 5.74) is 4.58. The summed E-state index contributed by atoms with van der Waals surface area (Å²) < 4.78 is 29.5. The normalized spacial score (nSPS) is 11.9. The van der Waals surface area contributed by atoms with Crippen LogP contribution in [0.4, 0.5) is 5.69 Å². The van der Waals surface area contributed by atoms with Crippen LogP contribution in [0, 0.1) is 20.8 Å². The van der Waals surface area contributed by atoms with E-state index in [0.29, 0.717) is 22.8 Å². The number of nitrogens with zero attached hydrogens (tertiary/aromatic N) is 2. The van der Waals surface area contributed by atoms with Crippen LogP contribution in [-0.4, -0.2) is 44.3 Å². The molecule has 4 aromatic carbocycles. The minimum absolute atomic E-state index is 0.0462. The molecule has 1 atom stereocenters. The molecule has 0 bridgehead atoms. The first-order valence-electron chi connectivity index (χ1n) is 14.5. The summed E-state index contributed by atoms with van der Waals surface area (Å²) in [6, 6.07) is 27.7. The number of rotatable bonds is 12. The van der Waals surface area contributed by atoms with Gasteiger partial charge < -0.3 is 10.2 Å². The number of benzene rings is 4. The Morgan fingerprint density at radius 2 is 1.43 bits per heavy atom. The molecule has 9 heteroatoms. The maximum Gasteiger partial charge on any atom is 0.264 e. The predicted octanol–water partition coefficient (Wildman–Crippen LogP) is 6.24. The van der Waals surface area contributed by atoms with Crippen molar-refractivity contribution in [2.24, 2.45) is 0 Å². The van der Waals surface area contributed by atoms with Gasteiger partial charge in [0.1, 0.15) is 12.6 Å². The van der Waals surface area contributed by atoms with Crippen LogP contribution < -0.4 is 9.62 Å². The zero-order valence-corrected chi connectivity index (χ0v) is 27.0. The van der Waals surface area contributed by atoms with Gasteiger partial charge in [0.25, 0.3) is 10.0 Å². The van der Waals surface area contributed by atoms with E-state index in [-0.39, 0.29) is 23.8 Å². The number of carbonyl (C=O) groups excluding carboxylic acids is 2. The number of aryl methyl sites for hydroxylation is 3. The maximum atomic E-state index is 14.5. The first kappa shape index (κ1) is 32.8. The second kappa shape index (κ2) is 14.6. The van der Waals surface area contributed by atoms with E-state index in [2.05, 4.69) is 5.32 Å². The Morgan fingerprint density at radius 3 is 2.05 bits per heavy atom. The number of amides is 2. The van der Waals surface area contributed by atoms with Crippen molar-refractivity contribution in [2.45, 2.75) is 51.6 Å². The molecule has 0 radical (unpaired) electrons. The minimum atomic E-state index is -4.21. The molecule has 230 valence electrons. The van der Waals surface area contributed by atoms with Gasteiger partial charge >= 0.3 is 0 Å². The average molecular weight is 632 g/mol. The summed E-state index contributed by atoms with van der Waals surface area (Å²) in [6.45, 7) is 7.39. The molecule has 0 unspecified atom stereocenters. The van der Waals surface area contributed by atoms with Gasteiger partial charge in [-0.2, -0.15) is 0 Å². The van der Waals surface area contributed by atoms with Crippen LogP contribution >= 0.6 is 11.6 Å². The number of sulfonamides is 1. The van der Waals surface area contributed by atoms with Gasteiger partial charge in [0.05, 0.1) is 10.6 Å². The highest BCUT2D eigenvalue weighted by Crippen LogP contribution is 2.30. The van der Waals surface area contributed by atoms with Gasteiger partial charge in [-0.1, -0.05) is 95.5 Å². The van der Waals surface area contributed by atoms with Gasteiger partial charge in [0.15, 0.2) is 0 Å². The van der Waals surface area contributed by atoms with E-state index in [0.717, 1.165) is 26.6 Å². The zero-order chi connectivity index (χ0) is 31.9. The van der Waals surface area contributed by atoms with Crippen molar-refractivity contribution in [1.29, 1.82) is 0 Å². The summed E-state index contributed by atoms with van der Waals surface area (Å²) in [5, 5.41) is 3.21. The van der Waals surface area contributed by atoms with E-state index in [4.69, 9.17) is 11.6 Å². The number of nitrogens with one attached hydrogen (secondary N) is 1. The van der Waals surface area contributed by atoms with Gasteiger partial charge in [-0.3, -0.25) is 13.9 Å². The van der Waals surface area contributed by atoms with E-state index < -0.39 is 28.5 Å². The van der Waals surface area contributed by atoms with Gasteiger partial charge in [-0.15, -0.1) is 0 Å². The molecule has 0 spiro atoms. The molecule has 2 amide bonds. The maximum absolute atomic E-state index is 14.5. The van der Waals surface area contributed by atoms with Crippen molar-refractivity contribution < 1.29 is 18.0 Å². The molecular weight excluding hydrogens is 594 g/mol. The lowest BCUT2D eigenvalue weighted by molar-refractivity contribution is -0.140. The molecule has 0 aliphatic heterocycles. The van der Waals surface area contributed by atoms with Crippen LogP contribution in [0.15, 0.2) is 102 Å². The molecule has 0 aliphatic rings. The lowest BCUT2D eigenvalue weighted by atomic mass is 10.0. The number of likely N-dealkylation sites (N-methyl/N-ethyl adjacent to an activating group) is 1. The standard InChI is InChI=1S/C35H38ClN3O4S/c1-5-37-35(41)33(21-28-9-7-6-8-10-28)38(23-29-16-11-25(2)12-17-29)34(40)24-39(32-22-30(36)18-15-27(32)4)44(42,43)31-19-13-26(3)14-20-31/h6-20,22,33H,5,21,23-24H2,1-4H3,(H,37,41)/t33-/m1/s1. The van der Waals surface area contributed by atoms with Gasteiger partial charge in [-0.05, 0) is 68.7 Å². The van der Waals surface area contributed by atoms with Crippen molar-refractivity contribution in [3.63, 3.8) is 0 Å². The lowest BCUT2D eigenvalue weighted by Gasteiger charge is -2.34. The van der Waals surface area contributed by atoms with E-state index >= 15 is 0 Å². The van der Waals surface area contributed by atoms with Gasteiger partial charge in [0, 0.05) is 24.5 Å². The molecule has 0 heterocycles. The summed E-state index contributed by atoms with van der Waals surface area (Å²) in [6.07, 6.45) is 0.255.